The second-order valence-corrected chi connectivity index (χ2v) is 22.3. The third-order valence-corrected chi connectivity index (χ3v) is 16.1. The smallest absolute Gasteiger partial charge is 0.245 e. The van der Waals surface area contributed by atoms with E-state index in [1.807, 2.05) is 78.9 Å². The van der Waals surface area contributed by atoms with Gasteiger partial charge in [-0.15, -0.1) is 0 Å². The molecular weight excluding hydrogens is 1060 g/mol. The number of primary amides is 1. The molecule has 7 rings (SSSR count). The molecule has 6 aromatic rings. The minimum atomic E-state index is -1.69. The SMILES string of the molecule is C[C@@H](O)[C@@H]1NC(=O)[C@H](CCCCN)NC(=O)C(Cc2c[nH]c3ccccc23)NC(=O)[C@H](Cc2ccccc2)NC(=O)C(NC(=O)[C@H](N)Cc2ccccc2)CSSCC(C(=O)N[C@@H](Cc2ccc3ccccc3c2)C(N)=O)NC1=O. The maximum atomic E-state index is 14.9. The molecule has 15 N–H and O–H groups in total. The lowest BCUT2D eigenvalue weighted by Gasteiger charge is -2.29. The van der Waals surface area contributed by atoms with Crippen LogP contribution in [0.2, 0.25) is 0 Å². The van der Waals surface area contributed by atoms with E-state index in [2.05, 4.69) is 42.2 Å². The van der Waals surface area contributed by atoms with Crippen LogP contribution in [0.25, 0.3) is 21.7 Å². The number of unbranched alkanes of at least 4 members (excludes halogenated alkanes) is 1. The number of fused-ring (bicyclic) bond motifs is 2. The number of amides is 8. The number of nitrogens with one attached hydrogen (secondary N) is 8. The first-order chi connectivity index (χ1) is 38.6. The molecule has 80 heavy (non-hydrogen) atoms. The van der Waals surface area contributed by atoms with Gasteiger partial charge in [-0.3, -0.25) is 38.4 Å². The van der Waals surface area contributed by atoms with E-state index in [0.29, 0.717) is 29.5 Å². The highest BCUT2D eigenvalue weighted by molar-refractivity contribution is 8.76. The fraction of sp³-hybridized carbons (Fsp3) is 0.345. The predicted molar refractivity (Wildman–Crippen MR) is 310 cm³/mol. The lowest BCUT2D eigenvalue weighted by atomic mass is 10.0. The first kappa shape index (κ1) is 59.9. The summed E-state index contributed by atoms with van der Waals surface area (Å²) in [5.41, 5.74) is 21.7. The van der Waals surface area contributed by atoms with E-state index >= 15 is 0 Å². The summed E-state index contributed by atoms with van der Waals surface area (Å²) in [4.78, 5) is 118. The minimum absolute atomic E-state index is 0.00703. The molecule has 0 radical (unpaired) electrons. The van der Waals surface area contributed by atoms with Crippen molar-refractivity contribution in [2.75, 3.05) is 18.1 Å². The van der Waals surface area contributed by atoms with Crippen LogP contribution in [0, 0.1) is 0 Å². The standard InChI is InChI=1S/C58H69N11O9S2/c1-34(70)50-58(78)68-49(56(76)64-45(51(61)71)29-37-23-24-38-18-8-9-19-39(38)26-37)33-80-79-32-48(67-52(72)42(60)27-35-14-4-2-5-15-35)57(77)65-46(28-36-16-6-3-7-17-36)54(74)66-47(30-40-31-62-43-21-11-10-20-41(40)43)55(75)63-44(53(73)69-50)22-12-13-25-59/h2-11,14-21,23-24,26,31,34,42,44-50,62,70H,12-13,22,25,27-30,32-33,59-60H2,1H3,(H2,61,71)(H,63,75)(H,64,76)(H,65,77)(H,66,74)(H,67,72)(H,68,78)(H,69,73)/t34-,42-,44+,45+,46+,47?,48?,49?,50+/m1/s1. The van der Waals surface area contributed by atoms with Crippen molar-refractivity contribution in [3.63, 3.8) is 0 Å². The van der Waals surface area contributed by atoms with E-state index < -0.39 is 102 Å². The van der Waals surface area contributed by atoms with Gasteiger partial charge in [0.25, 0.3) is 0 Å². The fourth-order valence-corrected chi connectivity index (χ4v) is 11.5. The number of hydrogen-bond donors (Lipinski definition) is 12. The zero-order valence-electron chi connectivity index (χ0n) is 44.2. The number of aromatic nitrogens is 1. The molecule has 20 nitrogen and oxygen atoms in total. The third-order valence-electron chi connectivity index (χ3n) is 13.7. The third kappa shape index (κ3) is 17.1. The Labute approximate surface area is 471 Å². The van der Waals surface area contributed by atoms with Crippen LogP contribution in [0.5, 0.6) is 0 Å². The van der Waals surface area contributed by atoms with Crippen LogP contribution < -0.4 is 54.4 Å². The molecule has 0 saturated carbocycles. The fourth-order valence-electron chi connectivity index (χ4n) is 9.22. The average molecular weight is 1130 g/mol. The Morgan fingerprint density at radius 1 is 0.650 bits per heavy atom. The number of aliphatic hydroxyl groups excluding tert-OH is 1. The number of aromatic amines is 1. The van der Waals surface area contributed by atoms with Crippen LogP contribution in [0.3, 0.4) is 0 Å². The summed E-state index contributed by atoms with van der Waals surface area (Å²) in [6.07, 6.45) is 0.965. The topological polar surface area (TPSA) is 335 Å². The molecule has 8 amide bonds. The highest BCUT2D eigenvalue weighted by Crippen LogP contribution is 2.25. The predicted octanol–water partition coefficient (Wildman–Crippen LogP) is 1.70. The molecule has 22 heteroatoms. The van der Waals surface area contributed by atoms with Crippen LogP contribution in [-0.2, 0) is 64.0 Å². The van der Waals surface area contributed by atoms with Crippen molar-refractivity contribution < 1.29 is 43.5 Å². The highest BCUT2D eigenvalue weighted by Gasteiger charge is 2.37. The molecule has 1 aromatic heterocycles. The molecule has 0 bridgehead atoms. The summed E-state index contributed by atoms with van der Waals surface area (Å²) in [6, 6.07) is 27.5. The molecule has 2 heterocycles. The Bertz CT molecular complexity index is 3110. The molecule has 0 spiro atoms. The molecule has 0 aliphatic carbocycles. The van der Waals surface area contributed by atoms with Crippen molar-refractivity contribution in [2.45, 2.75) is 106 Å². The quantitative estimate of drug-likeness (QED) is 0.0432. The Hall–Kier alpha value is -7.76. The largest absolute Gasteiger partial charge is 0.391 e. The minimum Gasteiger partial charge on any atom is -0.391 e. The zero-order valence-corrected chi connectivity index (χ0v) is 45.9. The highest BCUT2D eigenvalue weighted by atomic mass is 33.1. The molecule has 422 valence electrons. The van der Waals surface area contributed by atoms with Gasteiger partial charge in [-0.05, 0) is 78.2 Å². The van der Waals surface area contributed by atoms with E-state index in [1.165, 1.54) is 6.92 Å². The van der Waals surface area contributed by atoms with Crippen LogP contribution in [0.4, 0.5) is 0 Å². The Morgan fingerprint density at radius 3 is 1.96 bits per heavy atom. The molecule has 1 fully saturated rings. The Kier molecular flexibility index (Phi) is 22.0. The average Bonchev–Trinajstić information content (AvgIpc) is 3.88. The lowest BCUT2D eigenvalue weighted by molar-refractivity contribution is -0.136. The van der Waals surface area contributed by atoms with Gasteiger partial charge in [0.15, 0.2) is 0 Å². The second-order valence-electron chi connectivity index (χ2n) is 19.8. The van der Waals surface area contributed by atoms with E-state index in [9.17, 15) is 43.5 Å². The normalized spacial score (nSPS) is 21.1. The second kappa shape index (κ2) is 29.5. The number of carbonyl (C=O) groups is 8. The Balaban J connectivity index is 1.24. The van der Waals surface area contributed by atoms with E-state index in [0.717, 1.165) is 48.8 Å². The summed E-state index contributed by atoms with van der Waals surface area (Å²) in [5, 5.41) is 32.9. The first-order valence-corrected chi connectivity index (χ1v) is 29.0. The van der Waals surface area contributed by atoms with Gasteiger partial charge < -0.3 is 64.5 Å². The Morgan fingerprint density at radius 2 is 1.26 bits per heavy atom. The van der Waals surface area contributed by atoms with Crippen LogP contribution in [0.15, 0.2) is 134 Å². The van der Waals surface area contributed by atoms with Crippen molar-refractivity contribution in [3.8, 4) is 0 Å². The van der Waals surface area contributed by atoms with Gasteiger partial charge in [-0.25, -0.2) is 0 Å². The van der Waals surface area contributed by atoms with Gasteiger partial charge >= 0.3 is 0 Å². The number of nitrogens with two attached hydrogens (primary N) is 3. The van der Waals surface area contributed by atoms with Crippen LogP contribution in [-0.4, -0.2) is 130 Å². The first-order valence-electron chi connectivity index (χ1n) is 26.5. The number of benzene rings is 5. The van der Waals surface area contributed by atoms with Gasteiger partial charge in [0, 0.05) is 47.9 Å². The zero-order chi connectivity index (χ0) is 57.1. The number of H-pyrrole nitrogens is 1. The summed E-state index contributed by atoms with van der Waals surface area (Å²) in [7, 11) is 2.07. The summed E-state index contributed by atoms with van der Waals surface area (Å²) in [5.74, 6) is -6.94. The van der Waals surface area contributed by atoms with Crippen LogP contribution >= 0.6 is 21.6 Å². The van der Waals surface area contributed by atoms with Crippen molar-refractivity contribution in [2.24, 2.45) is 17.2 Å². The summed E-state index contributed by atoms with van der Waals surface area (Å²) in [6.45, 7) is 1.53. The molecule has 5 aromatic carbocycles. The van der Waals surface area contributed by atoms with Gasteiger partial charge in [0.05, 0.1) is 12.1 Å². The number of aliphatic hydroxyl groups is 1. The van der Waals surface area contributed by atoms with Crippen molar-refractivity contribution in [1.29, 1.82) is 0 Å². The monoisotopic (exact) mass is 1130 g/mol. The number of hydrogen-bond acceptors (Lipinski definition) is 13. The van der Waals surface area contributed by atoms with Gasteiger partial charge in [-0.1, -0.05) is 143 Å². The molecule has 1 saturated heterocycles. The number of rotatable bonds is 18. The van der Waals surface area contributed by atoms with Gasteiger partial charge in [-0.2, -0.15) is 0 Å². The van der Waals surface area contributed by atoms with Crippen LogP contribution in [0.1, 0.15) is 48.4 Å². The molecule has 1 aliphatic rings. The number of carbonyl (C=O) groups excluding carboxylic acids is 8. The van der Waals surface area contributed by atoms with Crippen molar-refractivity contribution in [3.05, 3.63) is 156 Å². The molecule has 3 unspecified atom stereocenters. The van der Waals surface area contributed by atoms with E-state index in [1.54, 1.807) is 54.7 Å². The lowest BCUT2D eigenvalue weighted by Crippen LogP contribution is -2.62. The van der Waals surface area contributed by atoms with E-state index in [4.69, 9.17) is 17.2 Å². The van der Waals surface area contributed by atoms with Crippen molar-refractivity contribution in [1.82, 2.24) is 42.2 Å². The van der Waals surface area contributed by atoms with Gasteiger partial charge in [0.1, 0.15) is 42.3 Å². The molecular formula is C58H69N11O9S2. The van der Waals surface area contributed by atoms with Crippen molar-refractivity contribution >= 4 is 90.5 Å². The maximum Gasteiger partial charge on any atom is 0.245 e. The van der Waals surface area contributed by atoms with E-state index in [-0.39, 0.29) is 50.2 Å². The molecule has 1 aliphatic heterocycles. The molecule has 9 atom stereocenters. The number of para-hydroxylation sites is 1. The summed E-state index contributed by atoms with van der Waals surface area (Å²) >= 11 is 0. The van der Waals surface area contributed by atoms with Gasteiger partial charge in [0.2, 0.25) is 47.3 Å². The summed E-state index contributed by atoms with van der Waals surface area (Å²) < 4.78 is 0. The maximum absolute atomic E-state index is 14.9.